The van der Waals surface area contributed by atoms with Gasteiger partial charge in [-0.15, -0.1) is 0 Å². The Labute approximate surface area is 275 Å². The molecule has 238 valence electrons. The second kappa shape index (κ2) is 14.8. The second-order valence-corrected chi connectivity index (χ2v) is 11.3. The van der Waals surface area contributed by atoms with Crippen LogP contribution in [0.15, 0.2) is 66.9 Å². The van der Waals surface area contributed by atoms with Crippen LogP contribution < -0.4 is 20.4 Å². The van der Waals surface area contributed by atoms with Crippen LogP contribution in [0.1, 0.15) is 35.1 Å². The number of hydroxylamine groups is 1. The lowest BCUT2D eigenvalue weighted by atomic mass is 9.91. The lowest BCUT2D eigenvalue weighted by molar-refractivity contribution is -0.124. The average Bonchev–Trinajstić information content (AvgIpc) is 3.09. The van der Waals surface area contributed by atoms with Crippen molar-refractivity contribution < 1.29 is 24.2 Å². The van der Waals surface area contributed by atoms with Gasteiger partial charge < -0.3 is 20.1 Å². The number of nitrogens with zero attached hydrogens (tertiary/aromatic N) is 4. The Morgan fingerprint density at radius 1 is 1.13 bits per heavy atom. The number of carbonyl (C=O) groups excluding carboxylic acids is 1. The van der Waals surface area contributed by atoms with Gasteiger partial charge in [-0.25, -0.2) is 14.9 Å². The normalized spacial score (nSPS) is 13.3. The number of rotatable bonds is 9. The van der Waals surface area contributed by atoms with E-state index in [0.717, 1.165) is 24.0 Å². The number of anilines is 1. The summed E-state index contributed by atoms with van der Waals surface area (Å²) in [5, 5.41) is 42.9. The Hall–Kier alpha value is -5.46. The van der Waals surface area contributed by atoms with E-state index in [-0.39, 0.29) is 28.7 Å². The zero-order valence-corrected chi connectivity index (χ0v) is 26.1. The van der Waals surface area contributed by atoms with Gasteiger partial charge in [0.2, 0.25) is 0 Å². The van der Waals surface area contributed by atoms with Crippen LogP contribution in [-0.4, -0.2) is 47.4 Å². The number of benzene rings is 3. The summed E-state index contributed by atoms with van der Waals surface area (Å²) in [4.78, 5) is 18.0. The number of phenols is 1. The summed E-state index contributed by atoms with van der Waals surface area (Å²) in [5.74, 6) is -0.692. The highest BCUT2D eigenvalue weighted by Gasteiger charge is 2.26. The molecule has 0 bridgehead atoms. The molecule has 0 radical (unpaired) electrons. The molecule has 5 rings (SSSR count). The third-order valence-corrected chi connectivity index (χ3v) is 8.38. The van der Waals surface area contributed by atoms with Gasteiger partial charge in [-0.2, -0.15) is 10.5 Å². The molecule has 0 unspecified atom stereocenters. The molecule has 4 N–H and O–H groups in total. The van der Waals surface area contributed by atoms with Crippen molar-refractivity contribution in [3.63, 3.8) is 0 Å². The minimum absolute atomic E-state index is 0.0970. The third-order valence-electron chi connectivity index (χ3n) is 8.03. The van der Waals surface area contributed by atoms with Crippen LogP contribution in [0.25, 0.3) is 28.3 Å². The summed E-state index contributed by atoms with van der Waals surface area (Å²) in [6.07, 6.45) is 5.88. The monoisotopic (exact) mass is 652 g/mol. The number of aromatic hydroxyl groups is 1. The Balaban J connectivity index is 1.37. The maximum atomic E-state index is 14.9. The number of amides is 1. The Bertz CT molecular complexity index is 1930. The number of pyridine rings is 1. The van der Waals surface area contributed by atoms with Crippen LogP contribution in [0.2, 0.25) is 5.02 Å². The van der Waals surface area contributed by atoms with Gasteiger partial charge in [0, 0.05) is 54.1 Å². The molecule has 1 saturated heterocycles. The van der Waals surface area contributed by atoms with Crippen LogP contribution >= 0.6 is 11.6 Å². The van der Waals surface area contributed by atoms with Gasteiger partial charge in [0.25, 0.3) is 5.91 Å². The van der Waals surface area contributed by atoms with Crippen LogP contribution in [0, 0.1) is 28.5 Å². The number of hydrogen-bond donors (Lipinski definition) is 4. The van der Waals surface area contributed by atoms with E-state index in [4.69, 9.17) is 26.5 Å². The first-order valence-corrected chi connectivity index (χ1v) is 15.0. The number of ether oxygens (including phenoxy) is 1. The predicted octanol–water partition coefficient (Wildman–Crippen LogP) is 5.94. The number of carbonyl (C=O) groups is 1. The Kier molecular flexibility index (Phi) is 10.3. The van der Waals surface area contributed by atoms with E-state index >= 15 is 0 Å². The highest BCUT2D eigenvalue weighted by atomic mass is 35.5. The first kappa shape index (κ1) is 32.9. The highest BCUT2D eigenvalue weighted by molar-refractivity contribution is 6.31. The van der Waals surface area contributed by atoms with Crippen molar-refractivity contribution in [3.8, 4) is 45.9 Å². The first-order valence-electron chi connectivity index (χ1n) is 14.7. The average molecular weight is 653 g/mol. The fourth-order valence-electron chi connectivity index (χ4n) is 5.55. The van der Waals surface area contributed by atoms with Crippen LogP contribution in [0.4, 0.5) is 10.2 Å². The van der Waals surface area contributed by atoms with Crippen molar-refractivity contribution in [1.82, 2.24) is 15.8 Å². The van der Waals surface area contributed by atoms with Gasteiger partial charge in [0.15, 0.2) is 11.5 Å². The zero-order valence-electron chi connectivity index (χ0n) is 25.3. The summed E-state index contributed by atoms with van der Waals surface area (Å²) in [6, 6.07) is 18.8. The minimum atomic E-state index is -0.706. The number of piperidine rings is 1. The standard InChI is InChI=1S/C35H30ClFN6O4/c1-47-32-8-7-22(16-31(32)44)28-20-41-35(27(18-39)34(28)23-5-6-24(17-38)30(37)15-23)43-12-10-26(11-13-43)40-19-25-4-2-21(14-29(25)36)3-9-33(45)42-46/h2-9,14-16,20,26,40,44,46H,10-13,19H2,1H3,(H,42,45)/b9-3+. The maximum absolute atomic E-state index is 14.9. The van der Waals surface area contributed by atoms with E-state index in [1.807, 2.05) is 23.1 Å². The number of nitrogens with one attached hydrogen (secondary N) is 2. The molecule has 0 aliphatic carbocycles. The third kappa shape index (κ3) is 7.35. The molecule has 1 fully saturated rings. The Morgan fingerprint density at radius 3 is 2.53 bits per heavy atom. The van der Waals surface area contributed by atoms with Gasteiger partial charge in [-0.05, 0) is 71.5 Å². The fourth-order valence-corrected chi connectivity index (χ4v) is 5.81. The van der Waals surface area contributed by atoms with Crippen molar-refractivity contribution in [1.29, 1.82) is 10.5 Å². The largest absolute Gasteiger partial charge is 0.504 e. The summed E-state index contributed by atoms with van der Waals surface area (Å²) in [6.45, 7) is 1.74. The molecule has 3 aromatic carbocycles. The lowest BCUT2D eigenvalue weighted by Gasteiger charge is -2.34. The van der Waals surface area contributed by atoms with E-state index in [1.54, 1.807) is 42.0 Å². The molecule has 0 atom stereocenters. The molecule has 1 aliphatic heterocycles. The summed E-state index contributed by atoms with van der Waals surface area (Å²) < 4.78 is 20.0. The SMILES string of the molecule is COc1ccc(-c2cnc(N3CCC(NCc4ccc(/C=C/C(=O)NO)cc4Cl)CC3)c(C#N)c2-c2ccc(C#N)c(F)c2)cc1O. The number of methoxy groups -OCH3 is 1. The smallest absolute Gasteiger partial charge is 0.267 e. The number of hydrogen-bond acceptors (Lipinski definition) is 9. The van der Waals surface area contributed by atoms with Crippen molar-refractivity contribution >= 4 is 29.4 Å². The molecule has 1 aromatic heterocycles. The number of phenolic OH excluding ortho intramolecular Hbond substituents is 1. The van der Waals surface area contributed by atoms with E-state index in [0.29, 0.717) is 52.7 Å². The maximum Gasteiger partial charge on any atom is 0.267 e. The number of aromatic nitrogens is 1. The number of nitriles is 2. The van der Waals surface area contributed by atoms with Crippen molar-refractivity contribution in [2.24, 2.45) is 0 Å². The van der Waals surface area contributed by atoms with E-state index < -0.39 is 11.7 Å². The van der Waals surface area contributed by atoms with Crippen molar-refractivity contribution in [3.05, 3.63) is 100.0 Å². The zero-order chi connectivity index (χ0) is 33.5. The summed E-state index contributed by atoms with van der Waals surface area (Å²) >= 11 is 6.48. The summed E-state index contributed by atoms with van der Waals surface area (Å²) in [5.41, 5.74) is 5.21. The van der Waals surface area contributed by atoms with Crippen LogP contribution in [-0.2, 0) is 11.3 Å². The van der Waals surface area contributed by atoms with E-state index in [1.165, 1.54) is 31.4 Å². The molecule has 4 aromatic rings. The first-order chi connectivity index (χ1) is 22.8. The van der Waals surface area contributed by atoms with E-state index in [2.05, 4.69) is 11.4 Å². The minimum Gasteiger partial charge on any atom is -0.504 e. The van der Waals surface area contributed by atoms with Gasteiger partial charge >= 0.3 is 0 Å². The van der Waals surface area contributed by atoms with Gasteiger partial charge in [0.1, 0.15) is 29.3 Å². The molecular formula is C35H30ClFN6O4. The van der Waals surface area contributed by atoms with Gasteiger partial charge in [0.05, 0.1) is 12.7 Å². The molecule has 1 aliphatic rings. The van der Waals surface area contributed by atoms with Crippen LogP contribution in [0.5, 0.6) is 11.5 Å². The van der Waals surface area contributed by atoms with Crippen molar-refractivity contribution in [2.75, 3.05) is 25.1 Å². The molecule has 10 nitrogen and oxygen atoms in total. The Morgan fingerprint density at radius 2 is 1.89 bits per heavy atom. The molecule has 0 saturated carbocycles. The van der Waals surface area contributed by atoms with Gasteiger partial charge in [-0.1, -0.05) is 35.9 Å². The van der Waals surface area contributed by atoms with Gasteiger partial charge in [-0.3, -0.25) is 10.0 Å². The molecule has 2 heterocycles. The lowest BCUT2D eigenvalue weighted by Crippen LogP contribution is -2.43. The van der Waals surface area contributed by atoms with Crippen LogP contribution in [0.3, 0.4) is 0 Å². The molecule has 1 amide bonds. The molecular weight excluding hydrogens is 623 g/mol. The molecule has 12 heteroatoms. The summed E-state index contributed by atoms with van der Waals surface area (Å²) in [7, 11) is 1.44. The topological polar surface area (TPSA) is 155 Å². The number of halogens is 2. The van der Waals surface area contributed by atoms with E-state index in [9.17, 15) is 24.8 Å². The quantitative estimate of drug-likeness (QED) is 0.0976. The van der Waals surface area contributed by atoms with Crippen molar-refractivity contribution in [2.45, 2.75) is 25.4 Å². The molecule has 0 spiro atoms. The fraction of sp³-hybridized carbons (Fsp3) is 0.200. The predicted molar refractivity (Wildman–Crippen MR) is 175 cm³/mol. The second-order valence-electron chi connectivity index (χ2n) is 10.9. The highest BCUT2D eigenvalue weighted by Crippen LogP contribution is 2.41. The molecule has 47 heavy (non-hydrogen) atoms.